The van der Waals surface area contributed by atoms with Crippen LogP contribution in [0.4, 0.5) is 4.39 Å². The molecule has 0 saturated carbocycles. The molecule has 1 aromatic rings. The molecule has 0 aliphatic heterocycles. The van der Waals surface area contributed by atoms with Gasteiger partial charge in [-0.3, -0.25) is 15.1 Å². The van der Waals surface area contributed by atoms with Crippen molar-refractivity contribution in [2.45, 2.75) is 27.3 Å². The third kappa shape index (κ3) is 4.61. The molecule has 0 saturated heterocycles. The Bertz CT molecular complexity index is 435. The minimum absolute atomic E-state index is 0.296. The highest BCUT2D eigenvalue weighted by Gasteiger charge is 2.12. The van der Waals surface area contributed by atoms with E-state index in [1.165, 1.54) is 12.1 Å². The molecule has 0 heterocycles. The largest absolute Gasteiger partial charge is 0.299 e. The van der Waals surface area contributed by atoms with Crippen LogP contribution in [0.5, 0.6) is 0 Å². The Balaban J connectivity index is 2.89. The predicted molar refractivity (Wildman–Crippen MR) is 73.8 cm³/mol. The Kier molecular flexibility index (Phi) is 5.92. The quantitative estimate of drug-likeness (QED) is 0.470. The number of rotatable bonds is 6. The van der Waals surface area contributed by atoms with Crippen LogP contribution in [0.3, 0.4) is 0 Å². The van der Waals surface area contributed by atoms with Gasteiger partial charge in [0.1, 0.15) is 5.82 Å². The number of benzene rings is 1. The molecule has 0 atom stereocenters. The lowest BCUT2D eigenvalue weighted by Gasteiger charge is -2.23. The summed E-state index contributed by atoms with van der Waals surface area (Å²) in [6, 6.07) is 4.30. The van der Waals surface area contributed by atoms with E-state index in [0.717, 1.165) is 13.1 Å². The van der Waals surface area contributed by atoms with Crippen LogP contribution >= 0.6 is 0 Å². The van der Waals surface area contributed by atoms with Crippen molar-refractivity contribution < 1.29 is 9.18 Å². The third-order valence-corrected chi connectivity index (χ3v) is 2.90. The van der Waals surface area contributed by atoms with Gasteiger partial charge >= 0.3 is 0 Å². The van der Waals surface area contributed by atoms with Crippen molar-refractivity contribution in [3.05, 3.63) is 35.1 Å². The van der Waals surface area contributed by atoms with Crippen LogP contribution in [-0.2, 0) is 6.54 Å². The summed E-state index contributed by atoms with van der Waals surface area (Å²) in [4.78, 5) is 13.6. The molecule has 0 unspecified atom stereocenters. The zero-order valence-electron chi connectivity index (χ0n) is 11.7. The maximum atomic E-state index is 13.8. The number of halogens is 1. The maximum Gasteiger partial charge on any atom is 0.265 e. The molecule has 0 bridgehead atoms. The number of hydrogen-bond donors (Lipinski definition) is 2. The summed E-state index contributed by atoms with van der Waals surface area (Å²) in [5, 5.41) is 0. The van der Waals surface area contributed by atoms with Crippen molar-refractivity contribution in [3.8, 4) is 0 Å². The van der Waals surface area contributed by atoms with Crippen LogP contribution < -0.4 is 11.3 Å². The van der Waals surface area contributed by atoms with Gasteiger partial charge in [0.15, 0.2) is 0 Å². The summed E-state index contributed by atoms with van der Waals surface area (Å²) in [6.07, 6.45) is 0. The van der Waals surface area contributed by atoms with E-state index in [4.69, 9.17) is 5.84 Å². The lowest BCUT2D eigenvalue weighted by Crippen LogP contribution is -2.30. The minimum Gasteiger partial charge on any atom is -0.299 e. The van der Waals surface area contributed by atoms with Gasteiger partial charge in [-0.25, -0.2) is 10.2 Å². The van der Waals surface area contributed by atoms with E-state index < -0.39 is 5.91 Å². The molecule has 0 aliphatic rings. The molecule has 4 nitrogen and oxygen atoms in total. The van der Waals surface area contributed by atoms with Gasteiger partial charge in [0, 0.05) is 24.2 Å². The fraction of sp³-hybridized carbons (Fsp3) is 0.500. The van der Waals surface area contributed by atoms with E-state index in [0.29, 0.717) is 23.6 Å². The monoisotopic (exact) mass is 267 g/mol. The summed E-state index contributed by atoms with van der Waals surface area (Å²) >= 11 is 0. The summed E-state index contributed by atoms with van der Waals surface area (Å²) in [5.74, 6) is 4.89. The summed E-state index contributed by atoms with van der Waals surface area (Å²) < 4.78 is 13.8. The van der Waals surface area contributed by atoms with Crippen LogP contribution in [0.15, 0.2) is 18.2 Å². The zero-order chi connectivity index (χ0) is 14.4. The maximum absolute atomic E-state index is 13.8. The Hall–Kier alpha value is -1.46. The van der Waals surface area contributed by atoms with Crippen molar-refractivity contribution in [1.29, 1.82) is 0 Å². The van der Waals surface area contributed by atoms with Crippen LogP contribution in [-0.4, -0.2) is 23.9 Å². The average molecular weight is 267 g/mol. The Labute approximate surface area is 113 Å². The Morgan fingerprint density at radius 3 is 2.68 bits per heavy atom. The second-order valence-corrected chi connectivity index (χ2v) is 5.00. The Morgan fingerprint density at radius 2 is 2.16 bits per heavy atom. The number of hydrogen-bond acceptors (Lipinski definition) is 3. The van der Waals surface area contributed by atoms with Crippen molar-refractivity contribution in [2.75, 3.05) is 13.1 Å². The van der Waals surface area contributed by atoms with Gasteiger partial charge in [-0.1, -0.05) is 20.8 Å². The van der Waals surface area contributed by atoms with E-state index in [-0.39, 0.29) is 5.82 Å². The van der Waals surface area contributed by atoms with Crippen LogP contribution in [0, 0.1) is 11.7 Å². The first kappa shape index (κ1) is 15.6. The number of nitrogen functional groups attached to an aromatic ring is 1. The molecule has 0 aliphatic carbocycles. The highest BCUT2D eigenvalue weighted by Crippen LogP contribution is 2.14. The van der Waals surface area contributed by atoms with Gasteiger partial charge in [-0.2, -0.15) is 0 Å². The second kappa shape index (κ2) is 7.21. The molecule has 5 heteroatoms. The van der Waals surface area contributed by atoms with Crippen molar-refractivity contribution in [3.63, 3.8) is 0 Å². The number of hydrazine groups is 1. The summed E-state index contributed by atoms with van der Waals surface area (Å²) in [6.45, 7) is 8.51. The fourth-order valence-corrected chi connectivity index (χ4v) is 1.98. The van der Waals surface area contributed by atoms with Crippen molar-refractivity contribution in [2.24, 2.45) is 11.8 Å². The number of carbonyl (C=O) groups is 1. The van der Waals surface area contributed by atoms with Gasteiger partial charge in [-0.05, 0) is 30.7 Å². The third-order valence-electron chi connectivity index (χ3n) is 2.90. The van der Waals surface area contributed by atoms with Gasteiger partial charge in [-0.15, -0.1) is 0 Å². The first-order valence-electron chi connectivity index (χ1n) is 6.49. The summed E-state index contributed by atoms with van der Waals surface area (Å²) in [5.41, 5.74) is 2.94. The standard InChI is InChI=1S/C14H22FN3O/c1-4-18(8-10(2)3)9-12-7-11(14(19)17-16)5-6-13(12)15/h5-7,10H,4,8-9,16H2,1-3H3,(H,17,19). The molecule has 1 rings (SSSR count). The highest BCUT2D eigenvalue weighted by atomic mass is 19.1. The molecule has 1 amide bonds. The molecule has 3 N–H and O–H groups in total. The molecule has 19 heavy (non-hydrogen) atoms. The van der Waals surface area contributed by atoms with Crippen molar-refractivity contribution >= 4 is 5.91 Å². The van der Waals surface area contributed by atoms with E-state index in [1.807, 2.05) is 6.92 Å². The number of nitrogens with one attached hydrogen (secondary N) is 1. The van der Waals surface area contributed by atoms with E-state index in [1.54, 1.807) is 6.07 Å². The topological polar surface area (TPSA) is 58.4 Å². The van der Waals surface area contributed by atoms with Crippen molar-refractivity contribution in [1.82, 2.24) is 10.3 Å². The number of nitrogens with two attached hydrogens (primary N) is 1. The first-order valence-corrected chi connectivity index (χ1v) is 6.49. The molecule has 1 aromatic carbocycles. The average Bonchev–Trinajstić information content (AvgIpc) is 2.38. The van der Waals surface area contributed by atoms with Crippen LogP contribution in [0.2, 0.25) is 0 Å². The first-order chi connectivity index (χ1) is 8.97. The van der Waals surface area contributed by atoms with E-state index >= 15 is 0 Å². The molecular weight excluding hydrogens is 245 g/mol. The molecule has 0 radical (unpaired) electrons. The second-order valence-electron chi connectivity index (χ2n) is 5.00. The highest BCUT2D eigenvalue weighted by molar-refractivity contribution is 5.93. The lowest BCUT2D eigenvalue weighted by atomic mass is 10.1. The SMILES string of the molecule is CCN(Cc1cc(C(=O)NN)ccc1F)CC(C)C. The van der Waals surface area contributed by atoms with Crippen LogP contribution in [0.25, 0.3) is 0 Å². The summed E-state index contributed by atoms with van der Waals surface area (Å²) in [7, 11) is 0. The molecule has 106 valence electrons. The lowest BCUT2D eigenvalue weighted by molar-refractivity contribution is 0.0953. The number of carbonyl (C=O) groups excluding carboxylic acids is 1. The fourth-order valence-electron chi connectivity index (χ4n) is 1.98. The smallest absolute Gasteiger partial charge is 0.265 e. The van der Waals surface area contributed by atoms with Gasteiger partial charge < -0.3 is 0 Å². The molecular formula is C14H22FN3O. The zero-order valence-corrected chi connectivity index (χ0v) is 11.7. The van der Waals surface area contributed by atoms with Gasteiger partial charge in [0.2, 0.25) is 0 Å². The van der Waals surface area contributed by atoms with Crippen LogP contribution in [0.1, 0.15) is 36.7 Å². The molecule has 0 fully saturated rings. The normalized spacial score (nSPS) is 11.1. The predicted octanol–water partition coefficient (Wildman–Crippen LogP) is 1.91. The minimum atomic E-state index is -0.409. The van der Waals surface area contributed by atoms with E-state index in [9.17, 15) is 9.18 Å². The number of amides is 1. The Morgan fingerprint density at radius 1 is 1.47 bits per heavy atom. The van der Waals surface area contributed by atoms with E-state index in [2.05, 4.69) is 24.2 Å². The molecule has 0 spiro atoms. The number of nitrogens with zero attached hydrogens (tertiary/aromatic N) is 1. The van der Waals surface area contributed by atoms with Gasteiger partial charge in [0.25, 0.3) is 5.91 Å². The van der Waals surface area contributed by atoms with Gasteiger partial charge in [0.05, 0.1) is 0 Å². The molecule has 0 aromatic heterocycles.